The molecule has 0 saturated heterocycles. The maximum atomic E-state index is 2.51. The molecule has 0 aliphatic carbocycles. The maximum absolute atomic E-state index is 2.51. The molecule has 0 atom stereocenters. The second kappa shape index (κ2) is 10.4. The molecule has 206 valence electrons. The molecule has 0 aromatic heterocycles. The van der Waals surface area contributed by atoms with Gasteiger partial charge in [-0.05, 0) is 76.7 Å². The Morgan fingerprint density at radius 3 is 1.03 bits per heavy atom. The lowest BCUT2D eigenvalue weighted by atomic mass is 9.75. The third-order valence-electron chi connectivity index (χ3n) is 7.09. The highest BCUT2D eigenvalue weighted by Crippen LogP contribution is 2.39. The van der Waals surface area contributed by atoms with E-state index in [1.807, 2.05) is 0 Å². The van der Waals surface area contributed by atoms with Gasteiger partial charge in [-0.1, -0.05) is 122 Å². The summed E-state index contributed by atoms with van der Waals surface area (Å²) in [5.74, 6) is 0. The molecule has 0 aliphatic rings. The van der Waals surface area contributed by atoms with Crippen molar-refractivity contribution in [3.05, 3.63) is 52.1 Å². The quantitative estimate of drug-likeness (QED) is 0.351. The fourth-order valence-electron chi connectivity index (χ4n) is 4.49. The third kappa shape index (κ3) is 7.70. The molecule has 0 unspecified atom stereocenters. The van der Waals surface area contributed by atoms with Crippen LogP contribution in [-0.2, 0) is 27.1 Å². The van der Waals surface area contributed by atoms with Crippen LogP contribution in [0.3, 0.4) is 0 Å². The first kappa shape index (κ1) is 32.1. The Hall–Kier alpha value is -1.16. The van der Waals surface area contributed by atoms with E-state index in [0.29, 0.717) is 0 Å². The summed E-state index contributed by atoms with van der Waals surface area (Å²) in [6.07, 6.45) is 0. The van der Waals surface area contributed by atoms with Crippen LogP contribution in [-0.4, -0.2) is 14.1 Å². The van der Waals surface area contributed by atoms with E-state index in [-0.39, 0.29) is 27.1 Å². The first-order valence-electron chi connectivity index (χ1n) is 13.8. The predicted octanol–water partition coefficient (Wildman–Crippen LogP) is 10.00. The van der Waals surface area contributed by atoms with Gasteiger partial charge in [0, 0.05) is 30.4 Å². The Bertz CT molecular complexity index is 1110. The van der Waals surface area contributed by atoms with E-state index < -0.39 is 0 Å². The summed E-state index contributed by atoms with van der Waals surface area (Å²) < 4.78 is 0. The van der Waals surface area contributed by atoms with Gasteiger partial charge >= 0.3 is 0 Å². The number of hydrogen-bond donors (Lipinski definition) is 0. The van der Waals surface area contributed by atoms with Gasteiger partial charge in [0.25, 0.3) is 0 Å². The molecule has 1 nitrogen and oxygen atoms in total. The largest absolute Gasteiger partial charge is 0.377 e. The second-order valence-corrected chi connectivity index (χ2v) is 18.7. The lowest BCUT2D eigenvalue weighted by Crippen LogP contribution is -2.30. The predicted molar refractivity (Wildman–Crippen MR) is 174 cm³/mol. The molecule has 2 rings (SSSR count). The van der Waals surface area contributed by atoms with Crippen LogP contribution in [0.2, 0.25) is 0 Å². The third-order valence-corrected chi connectivity index (χ3v) is 10.0. The molecule has 0 aliphatic heterocycles. The van der Waals surface area contributed by atoms with E-state index in [2.05, 4.69) is 147 Å². The van der Waals surface area contributed by atoms with Crippen molar-refractivity contribution < 1.29 is 0 Å². The molecule has 0 amide bonds. The smallest absolute Gasteiger partial charge is 0.0490 e. The van der Waals surface area contributed by atoms with Crippen molar-refractivity contribution in [3.8, 4) is 0 Å². The van der Waals surface area contributed by atoms with Crippen LogP contribution in [0.25, 0.3) is 0 Å². The molecule has 0 N–H and O–H groups in total. The molecular weight excluding hydrogens is 484 g/mol. The highest BCUT2D eigenvalue weighted by molar-refractivity contribution is 7.91. The summed E-state index contributed by atoms with van der Waals surface area (Å²) in [7, 11) is 7.10. The van der Waals surface area contributed by atoms with E-state index in [1.54, 1.807) is 0 Å². The van der Waals surface area contributed by atoms with Crippen molar-refractivity contribution in [1.82, 2.24) is 0 Å². The molecule has 0 radical (unpaired) electrons. The molecule has 2 aromatic rings. The van der Waals surface area contributed by atoms with Gasteiger partial charge in [0.1, 0.15) is 0 Å². The normalized spacial score (nSPS) is 14.0. The Balaban J connectivity index is 3.01. The number of anilines is 1. The van der Waals surface area contributed by atoms with Gasteiger partial charge in [0.05, 0.1) is 0 Å². The number of hydrogen-bond acceptors (Lipinski definition) is 1. The molecule has 2 aromatic carbocycles. The van der Waals surface area contributed by atoms with Gasteiger partial charge in [0.2, 0.25) is 0 Å². The van der Waals surface area contributed by atoms with Crippen LogP contribution in [0.1, 0.15) is 132 Å². The van der Waals surface area contributed by atoms with Crippen molar-refractivity contribution in [3.63, 3.8) is 0 Å². The summed E-state index contributed by atoms with van der Waals surface area (Å²) in [4.78, 5) is 2.32. The SMILES string of the molecule is CN(C)c1cc(C(C)(C)C)cc(C(C)(C)C)c1P=Pc1c(C(C)(C)C)cc(C(C)(C)C)cc1C(C)(C)C. The maximum Gasteiger partial charge on any atom is 0.0490 e. The first-order valence-corrected chi connectivity index (χ1v) is 16.3. The summed E-state index contributed by atoms with van der Waals surface area (Å²) >= 11 is 0. The van der Waals surface area contributed by atoms with Gasteiger partial charge in [0.15, 0.2) is 0 Å². The van der Waals surface area contributed by atoms with Crippen molar-refractivity contribution >= 4 is 32.0 Å². The Morgan fingerprint density at radius 1 is 0.432 bits per heavy atom. The van der Waals surface area contributed by atoms with Crippen molar-refractivity contribution in [2.75, 3.05) is 19.0 Å². The summed E-state index contributed by atoms with van der Waals surface area (Å²) in [6, 6.07) is 9.94. The second-order valence-electron chi connectivity index (χ2n) is 16.2. The minimum absolute atomic E-state index is 0.0691. The fraction of sp³-hybridized carbons (Fsp3) is 0.647. The van der Waals surface area contributed by atoms with Gasteiger partial charge in [-0.3, -0.25) is 0 Å². The van der Waals surface area contributed by atoms with E-state index in [1.165, 1.54) is 59.8 Å². The monoisotopic (exact) mass is 539 g/mol. The first-order chi connectivity index (χ1) is 16.3. The Labute approximate surface area is 233 Å². The average Bonchev–Trinajstić information content (AvgIpc) is 2.67. The zero-order chi connectivity index (χ0) is 28.9. The lowest BCUT2D eigenvalue weighted by molar-refractivity contribution is 0.554. The van der Waals surface area contributed by atoms with Crippen molar-refractivity contribution in [2.24, 2.45) is 0 Å². The standard InChI is InChI=1S/C34H55NP2/c1-30(2,3)22-18-24(32(7,8)9)28(25(19-22)33(10,11)12)36-37-29-26(34(13,14)15)20-23(31(4,5)6)21-27(29)35(16)17/h18-21H,1-17H3. The lowest BCUT2D eigenvalue weighted by Gasteiger charge is -2.33. The van der Waals surface area contributed by atoms with Gasteiger partial charge in [-0.15, -0.1) is 0 Å². The summed E-state index contributed by atoms with van der Waals surface area (Å²) in [5, 5.41) is 2.98. The molecule has 3 heteroatoms. The molecule has 0 spiro atoms. The molecule has 0 bridgehead atoms. The van der Waals surface area contributed by atoms with E-state index >= 15 is 0 Å². The minimum Gasteiger partial charge on any atom is -0.377 e. The summed E-state index contributed by atoms with van der Waals surface area (Å²) in [6.45, 7) is 35.3. The van der Waals surface area contributed by atoms with Crippen LogP contribution in [0.5, 0.6) is 0 Å². The van der Waals surface area contributed by atoms with Crippen molar-refractivity contribution in [1.29, 1.82) is 0 Å². The van der Waals surface area contributed by atoms with Gasteiger partial charge < -0.3 is 4.90 Å². The van der Waals surface area contributed by atoms with Gasteiger partial charge in [-0.2, -0.15) is 0 Å². The molecule has 0 fully saturated rings. The molecular formula is C34H55NP2. The highest BCUT2D eigenvalue weighted by atomic mass is 31.7. The zero-order valence-corrected chi connectivity index (χ0v) is 28.9. The Morgan fingerprint density at radius 2 is 0.730 bits per heavy atom. The Kier molecular flexibility index (Phi) is 9.04. The van der Waals surface area contributed by atoms with E-state index in [9.17, 15) is 0 Å². The number of rotatable bonds is 3. The van der Waals surface area contributed by atoms with E-state index in [4.69, 9.17) is 0 Å². The van der Waals surface area contributed by atoms with Crippen LogP contribution < -0.4 is 15.5 Å². The van der Waals surface area contributed by atoms with Gasteiger partial charge in [-0.25, -0.2) is 0 Å². The van der Waals surface area contributed by atoms with Crippen molar-refractivity contribution in [2.45, 2.75) is 131 Å². The van der Waals surface area contributed by atoms with Crippen LogP contribution in [0, 0.1) is 0 Å². The average molecular weight is 540 g/mol. The molecule has 0 saturated carbocycles. The van der Waals surface area contributed by atoms with Crippen LogP contribution in [0.15, 0.2) is 24.3 Å². The zero-order valence-electron chi connectivity index (χ0n) is 27.2. The fourth-order valence-corrected chi connectivity index (χ4v) is 8.46. The van der Waals surface area contributed by atoms with Crippen LogP contribution >= 0.6 is 15.7 Å². The molecule has 37 heavy (non-hydrogen) atoms. The van der Waals surface area contributed by atoms with E-state index in [0.717, 1.165) is 0 Å². The molecule has 0 heterocycles. The number of nitrogens with zero attached hydrogens (tertiary/aromatic N) is 1. The number of benzene rings is 2. The topological polar surface area (TPSA) is 3.24 Å². The van der Waals surface area contributed by atoms with Crippen LogP contribution in [0.4, 0.5) is 5.69 Å². The minimum atomic E-state index is 0.0691. The summed E-state index contributed by atoms with van der Waals surface area (Å²) in [5.41, 5.74) is 9.12. The highest BCUT2D eigenvalue weighted by Gasteiger charge is 2.30.